The summed E-state index contributed by atoms with van der Waals surface area (Å²) in [6.07, 6.45) is 2.26. The largest absolute Gasteiger partial charge is 0.481 e. The fourth-order valence-corrected chi connectivity index (χ4v) is 2.37. The average Bonchev–Trinajstić information content (AvgIpc) is 2.63. The van der Waals surface area contributed by atoms with Crippen molar-refractivity contribution in [1.29, 1.82) is 0 Å². The zero-order valence-electron chi connectivity index (χ0n) is 14.9. The highest BCUT2D eigenvalue weighted by atomic mass is 79.9. The summed E-state index contributed by atoms with van der Waals surface area (Å²) < 4.78 is 6.64. The maximum atomic E-state index is 12.1. The number of aryl methyl sites for hydroxylation is 1. The molecule has 0 radical (unpaired) electrons. The standard InChI is InChI=1S/C20H21BrN2O3/c1-13-5-4-6-18(14(13)2)26-15(3)20(25)23-22-19(24)12-9-16-7-10-17(21)11-8-16/h4-12,15H,1-3H3,(H,22,24)(H,23,25)/b12-9+/t15-/m0/s1. The van der Waals surface area contributed by atoms with Crippen LogP contribution in [0, 0.1) is 13.8 Å². The smallest absolute Gasteiger partial charge is 0.279 e. The molecule has 1 atom stereocenters. The molecule has 2 aromatic carbocycles. The van der Waals surface area contributed by atoms with Gasteiger partial charge in [-0.15, -0.1) is 0 Å². The van der Waals surface area contributed by atoms with Crippen LogP contribution in [0.25, 0.3) is 6.08 Å². The fraction of sp³-hybridized carbons (Fsp3) is 0.200. The number of ether oxygens (including phenoxy) is 1. The number of hydrazine groups is 1. The number of hydrogen-bond donors (Lipinski definition) is 2. The van der Waals surface area contributed by atoms with E-state index in [1.165, 1.54) is 6.08 Å². The van der Waals surface area contributed by atoms with Crippen LogP contribution in [0.15, 0.2) is 53.0 Å². The second-order valence-corrected chi connectivity index (χ2v) is 6.74. The summed E-state index contributed by atoms with van der Waals surface area (Å²) >= 11 is 3.35. The van der Waals surface area contributed by atoms with E-state index in [9.17, 15) is 9.59 Å². The molecule has 26 heavy (non-hydrogen) atoms. The number of rotatable bonds is 5. The normalized spacial score (nSPS) is 11.8. The van der Waals surface area contributed by atoms with Gasteiger partial charge in [0.1, 0.15) is 5.75 Å². The molecule has 0 aromatic heterocycles. The molecule has 0 fully saturated rings. The van der Waals surface area contributed by atoms with E-state index in [0.29, 0.717) is 5.75 Å². The van der Waals surface area contributed by atoms with Crippen LogP contribution >= 0.6 is 15.9 Å². The van der Waals surface area contributed by atoms with Crippen LogP contribution in [0.3, 0.4) is 0 Å². The lowest BCUT2D eigenvalue weighted by Gasteiger charge is -2.17. The van der Waals surface area contributed by atoms with Crippen molar-refractivity contribution in [3.63, 3.8) is 0 Å². The van der Waals surface area contributed by atoms with Crippen LogP contribution < -0.4 is 15.6 Å². The molecule has 6 heteroatoms. The lowest BCUT2D eigenvalue weighted by atomic mass is 10.1. The summed E-state index contributed by atoms with van der Waals surface area (Å²) in [6.45, 7) is 5.54. The first-order chi connectivity index (χ1) is 12.4. The quantitative estimate of drug-likeness (QED) is 0.576. The van der Waals surface area contributed by atoms with Crippen LogP contribution in [-0.2, 0) is 9.59 Å². The van der Waals surface area contributed by atoms with Crippen LogP contribution in [0.1, 0.15) is 23.6 Å². The predicted octanol–water partition coefficient (Wildman–Crippen LogP) is 3.69. The first kappa shape index (κ1) is 19.7. The van der Waals surface area contributed by atoms with Crippen LogP contribution in [0.5, 0.6) is 5.75 Å². The average molecular weight is 417 g/mol. The van der Waals surface area contributed by atoms with E-state index in [1.807, 2.05) is 56.3 Å². The minimum atomic E-state index is -0.744. The fourth-order valence-electron chi connectivity index (χ4n) is 2.11. The summed E-state index contributed by atoms with van der Waals surface area (Å²) in [5.41, 5.74) is 7.64. The Bertz CT molecular complexity index is 816. The van der Waals surface area contributed by atoms with Gasteiger partial charge in [0.2, 0.25) is 0 Å². The molecule has 136 valence electrons. The highest BCUT2D eigenvalue weighted by Gasteiger charge is 2.16. The highest BCUT2D eigenvalue weighted by Crippen LogP contribution is 2.21. The van der Waals surface area contributed by atoms with E-state index < -0.39 is 17.9 Å². The molecule has 2 rings (SSSR count). The lowest BCUT2D eigenvalue weighted by molar-refractivity contribution is -0.131. The van der Waals surface area contributed by atoms with Gasteiger partial charge in [-0.2, -0.15) is 0 Å². The Morgan fingerprint density at radius 3 is 2.46 bits per heavy atom. The molecule has 2 amide bonds. The molecule has 0 saturated carbocycles. The molecule has 0 bridgehead atoms. The van der Waals surface area contributed by atoms with E-state index in [2.05, 4.69) is 26.8 Å². The molecule has 0 heterocycles. The second-order valence-electron chi connectivity index (χ2n) is 5.82. The number of amides is 2. The van der Waals surface area contributed by atoms with Gasteiger partial charge in [0, 0.05) is 10.5 Å². The molecule has 2 aromatic rings. The topological polar surface area (TPSA) is 67.4 Å². The molecular formula is C20H21BrN2O3. The molecule has 5 nitrogen and oxygen atoms in total. The van der Waals surface area contributed by atoms with Crippen LogP contribution in [0.4, 0.5) is 0 Å². The minimum Gasteiger partial charge on any atom is -0.481 e. The molecule has 0 aliphatic carbocycles. The van der Waals surface area contributed by atoms with E-state index in [0.717, 1.165) is 21.2 Å². The Morgan fingerprint density at radius 1 is 1.08 bits per heavy atom. The van der Waals surface area contributed by atoms with Crippen molar-refractivity contribution < 1.29 is 14.3 Å². The summed E-state index contributed by atoms with van der Waals surface area (Å²) in [6, 6.07) is 13.2. The van der Waals surface area contributed by atoms with E-state index in [1.54, 1.807) is 13.0 Å². The summed E-state index contributed by atoms with van der Waals surface area (Å²) in [7, 11) is 0. The van der Waals surface area contributed by atoms with Gasteiger partial charge >= 0.3 is 0 Å². The van der Waals surface area contributed by atoms with Crippen molar-refractivity contribution in [3.05, 3.63) is 69.7 Å². The van der Waals surface area contributed by atoms with Gasteiger partial charge in [0.05, 0.1) is 0 Å². The Labute approximate surface area is 161 Å². The SMILES string of the molecule is Cc1cccc(O[C@@H](C)C(=O)NNC(=O)/C=C/c2ccc(Br)cc2)c1C. The first-order valence-electron chi connectivity index (χ1n) is 8.13. The summed E-state index contributed by atoms with van der Waals surface area (Å²) in [5.74, 6) is -0.217. The van der Waals surface area contributed by atoms with Gasteiger partial charge in [-0.25, -0.2) is 0 Å². The molecule has 0 aliphatic heterocycles. The monoisotopic (exact) mass is 416 g/mol. The third-order valence-electron chi connectivity index (χ3n) is 3.83. The number of benzene rings is 2. The maximum Gasteiger partial charge on any atom is 0.279 e. The lowest BCUT2D eigenvalue weighted by Crippen LogP contribution is -2.46. The van der Waals surface area contributed by atoms with Gasteiger partial charge in [0.25, 0.3) is 11.8 Å². The zero-order valence-corrected chi connectivity index (χ0v) is 16.5. The third kappa shape index (κ3) is 5.74. The van der Waals surface area contributed by atoms with Crippen molar-refractivity contribution in [1.82, 2.24) is 10.9 Å². The number of halogens is 1. The molecule has 0 spiro atoms. The molecule has 0 aliphatic rings. The van der Waals surface area contributed by atoms with Crippen molar-refractivity contribution >= 4 is 33.8 Å². The Kier molecular flexibility index (Phi) is 6.97. The molecule has 2 N–H and O–H groups in total. The second kappa shape index (κ2) is 9.20. The van der Waals surface area contributed by atoms with Gasteiger partial charge in [0.15, 0.2) is 6.10 Å². The molecule has 0 unspecified atom stereocenters. The third-order valence-corrected chi connectivity index (χ3v) is 4.36. The number of nitrogens with one attached hydrogen (secondary N) is 2. The number of carbonyl (C=O) groups is 2. The van der Waals surface area contributed by atoms with Crippen molar-refractivity contribution in [2.24, 2.45) is 0 Å². The predicted molar refractivity (Wildman–Crippen MR) is 105 cm³/mol. The molecule has 0 saturated heterocycles. The van der Waals surface area contributed by atoms with Gasteiger partial charge in [-0.1, -0.05) is 40.2 Å². The maximum absolute atomic E-state index is 12.1. The molecular weight excluding hydrogens is 396 g/mol. The number of carbonyl (C=O) groups excluding carboxylic acids is 2. The Hall–Kier alpha value is -2.60. The number of hydrogen-bond acceptors (Lipinski definition) is 3. The summed E-state index contributed by atoms with van der Waals surface area (Å²) in [5, 5.41) is 0. The summed E-state index contributed by atoms with van der Waals surface area (Å²) in [4.78, 5) is 23.9. The van der Waals surface area contributed by atoms with Crippen molar-refractivity contribution in [3.8, 4) is 5.75 Å². The highest BCUT2D eigenvalue weighted by molar-refractivity contribution is 9.10. The van der Waals surface area contributed by atoms with Crippen molar-refractivity contribution in [2.75, 3.05) is 0 Å². The van der Waals surface area contributed by atoms with Gasteiger partial charge < -0.3 is 4.74 Å². The Morgan fingerprint density at radius 2 is 1.77 bits per heavy atom. The van der Waals surface area contributed by atoms with E-state index in [-0.39, 0.29) is 0 Å². The zero-order chi connectivity index (χ0) is 19.1. The van der Waals surface area contributed by atoms with Gasteiger partial charge in [-0.3, -0.25) is 20.4 Å². The Balaban J connectivity index is 1.84. The first-order valence-corrected chi connectivity index (χ1v) is 8.92. The van der Waals surface area contributed by atoms with Crippen LogP contribution in [-0.4, -0.2) is 17.9 Å². The van der Waals surface area contributed by atoms with Gasteiger partial charge in [-0.05, 0) is 61.7 Å². The van der Waals surface area contributed by atoms with Crippen LogP contribution in [0.2, 0.25) is 0 Å². The van der Waals surface area contributed by atoms with E-state index >= 15 is 0 Å². The van der Waals surface area contributed by atoms with Crippen molar-refractivity contribution in [2.45, 2.75) is 26.9 Å². The van der Waals surface area contributed by atoms with E-state index in [4.69, 9.17) is 4.74 Å². The minimum absolute atomic E-state index is 0.430.